The molecule has 1 saturated heterocycles. The van der Waals surface area contributed by atoms with Crippen molar-refractivity contribution in [2.24, 2.45) is 11.7 Å². The van der Waals surface area contributed by atoms with E-state index in [1.807, 2.05) is 13.0 Å². The number of hydrogen-bond acceptors (Lipinski definition) is 3. The van der Waals surface area contributed by atoms with Crippen molar-refractivity contribution in [3.63, 3.8) is 0 Å². The van der Waals surface area contributed by atoms with Gasteiger partial charge in [0.05, 0.1) is 0 Å². The quantitative estimate of drug-likeness (QED) is 0.894. The first-order valence-corrected chi connectivity index (χ1v) is 7.52. The molecule has 0 aromatic heterocycles. The minimum Gasteiger partial charge on any atom is -0.371 e. The lowest BCUT2D eigenvalue weighted by Gasteiger charge is -2.35. The van der Waals surface area contributed by atoms with E-state index >= 15 is 0 Å². The Kier molecular flexibility index (Phi) is 5.17. The van der Waals surface area contributed by atoms with E-state index in [-0.39, 0.29) is 17.8 Å². The molecule has 5 heteroatoms. The van der Waals surface area contributed by atoms with E-state index < -0.39 is 0 Å². The monoisotopic (exact) mass is 293 g/mol. The third-order valence-corrected chi connectivity index (χ3v) is 4.08. The van der Waals surface area contributed by atoms with Crippen LogP contribution in [0.2, 0.25) is 0 Å². The van der Waals surface area contributed by atoms with Crippen LogP contribution in [0.5, 0.6) is 0 Å². The van der Waals surface area contributed by atoms with Crippen LogP contribution in [0.4, 0.5) is 10.1 Å². The van der Waals surface area contributed by atoms with E-state index in [9.17, 15) is 9.18 Å². The van der Waals surface area contributed by atoms with Crippen molar-refractivity contribution in [3.05, 3.63) is 29.6 Å². The highest BCUT2D eigenvalue weighted by atomic mass is 19.1. The number of nitrogens with one attached hydrogen (secondary N) is 1. The summed E-state index contributed by atoms with van der Waals surface area (Å²) in [5.41, 5.74) is 7.42. The van der Waals surface area contributed by atoms with E-state index in [4.69, 9.17) is 5.73 Å². The van der Waals surface area contributed by atoms with E-state index in [0.717, 1.165) is 38.2 Å². The maximum atomic E-state index is 14.0. The number of nitrogens with two attached hydrogens (primary N) is 1. The maximum absolute atomic E-state index is 14.0. The average molecular weight is 293 g/mol. The predicted octanol–water partition coefficient (Wildman–Crippen LogP) is 2.20. The summed E-state index contributed by atoms with van der Waals surface area (Å²) in [6.45, 7) is 5.82. The molecule has 1 heterocycles. The average Bonchev–Trinajstić information content (AvgIpc) is 2.45. The van der Waals surface area contributed by atoms with Crippen molar-refractivity contribution in [2.45, 2.75) is 32.7 Å². The molecule has 3 N–H and O–H groups in total. The lowest BCUT2D eigenvalue weighted by atomic mass is 9.95. The Labute approximate surface area is 125 Å². The van der Waals surface area contributed by atoms with Crippen molar-refractivity contribution in [1.29, 1.82) is 0 Å². The molecule has 0 aliphatic carbocycles. The van der Waals surface area contributed by atoms with Gasteiger partial charge in [-0.05, 0) is 37.8 Å². The highest BCUT2D eigenvalue weighted by Gasteiger charge is 2.23. The largest absolute Gasteiger partial charge is 0.371 e. The van der Waals surface area contributed by atoms with Crippen molar-refractivity contribution in [3.8, 4) is 0 Å². The first-order valence-electron chi connectivity index (χ1n) is 7.52. The molecule has 0 unspecified atom stereocenters. The molecule has 2 rings (SSSR count). The molecule has 1 aromatic carbocycles. The third-order valence-electron chi connectivity index (χ3n) is 4.08. The molecule has 1 amide bonds. The number of piperidine rings is 1. The predicted molar refractivity (Wildman–Crippen MR) is 82.6 cm³/mol. The highest BCUT2D eigenvalue weighted by molar-refractivity contribution is 5.72. The summed E-state index contributed by atoms with van der Waals surface area (Å²) < 4.78 is 14.0. The van der Waals surface area contributed by atoms with Gasteiger partial charge in [0.1, 0.15) is 5.82 Å². The van der Waals surface area contributed by atoms with Crippen LogP contribution in [0.25, 0.3) is 0 Å². The fourth-order valence-corrected chi connectivity index (χ4v) is 2.92. The molecule has 1 atom stereocenters. The first-order chi connectivity index (χ1) is 9.99. The van der Waals surface area contributed by atoms with E-state index in [0.29, 0.717) is 11.5 Å². The Morgan fingerprint density at radius 1 is 1.48 bits per heavy atom. The zero-order valence-electron chi connectivity index (χ0n) is 12.7. The molecule has 1 fully saturated rings. The van der Waals surface area contributed by atoms with E-state index in [2.05, 4.69) is 10.2 Å². The molecule has 0 spiro atoms. The number of benzene rings is 1. The van der Waals surface area contributed by atoms with Crippen molar-refractivity contribution in [2.75, 3.05) is 24.5 Å². The van der Waals surface area contributed by atoms with Gasteiger partial charge in [-0.2, -0.15) is 0 Å². The second-order valence-corrected chi connectivity index (χ2v) is 5.83. The van der Waals surface area contributed by atoms with Crippen LogP contribution in [0.3, 0.4) is 0 Å². The number of nitrogens with zero attached hydrogens (tertiary/aromatic N) is 1. The molecule has 0 radical (unpaired) electrons. The molecule has 0 bridgehead atoms. The Morgan fingerprint density at radius 2 is 2.14 bits per heavy atom. The molecule has 1 aliphatic heterocycles. The second kappa shape index (κ2) is 6.89. The fourth-order valence-electron chi connectivity index (χ4n) is 2.92. The first kappa shape index (κ1) is 15.8. The van der Waals surface area contributed by atoms with Crippen LogP contribution in [0.1, 0.15) is 38.3 Å². The Hall–Kier alpha value is -1.62. The topological polar surface area (TPSA) is 58.4 Å². The number of hydrogen-bond donors (Lipinski definition) is 2. The number of carbonyl (C=O) groups is 1. The van der Waals surface area contributed by atoms with Crippen molar-refractivity contribution in [1.82, 2.24) is 5.32 Å². The zero-order valence-corrected chi connectivity index (χ0v) is 12.7. The molecule has 1 aromatic rings. The summed E-state index contributed by atoms with van der Waals surface area (Å²) in [5.74, 6) is 0.280. The molecule has 116 valence electrons. The summed E-state index contributed by atoms with van der Waals surface area (Å²) in [6, 6.07) is 4.82. The van der Waals surface area contributed by atoms with Crippen molar-refractivity contribution < 1.29 is 9.18 Å². The van der Waals surface area contributed by atoms with Crippen LogP contribution in [0.15, 0.2) is 18.2 Å². The zero-order chi connectivity index (χ0) is 15.4. The Balaban J connectivity index is 2.02. The fraction of sp³-hybridized carbons (Fsp3) is 0.562. The molecule has 1 aliphatic rings. The molecule has 4 nitrogen and oxygen atoms in total. The van der Waals surface area contributed by atoms with Gasteiger partial charge in [0, 0.05) is 43.9 Å². The van der Waals surface area contributed by atoms with Crippen LogP contribution in [-0.2, 0) is 4.79 Å². The number of carbonyl (C=O) groups excluding carboxylic acids is 1. The third kappa shape index (κ3) is 3.94. The summed E-state index contributed by atoms with van der Waals surface area (Å²) in [6.07, 6.45) is 1.99. The minimum absolute atomic E-state index is 0.0156. The van der Waals surface area contributed by atoms with Gasteiger partial charge < -0.3 is 16.0 Å². The normalized spacial score (nSPS) is 17.6. The van der Waals surface area contributed by atoms with Gasteiger partial charge in [-0.3, -0.25) is 4.79 Å². The van der Waals surface area contributed by atoms with Crippen LogP contribution >= 0.6 is 0 Å². The van der Waals surface area contributed by atoms with Gasteiger partial charge in [0.15, 0.2) is 0 Å². The lowest BCUT2D eigenvalue weighted by molar-refractivity contribution is -0.119. The number of rotatable bonds is 4. The van der Waals surface area contributed by atoms with E-state index in [1.54, 1.807) is 6.07 Å². The Bertz CT molecular complexity index is 496. The Morgan fingerprint density at radius 3 is 2.71 bits per heavy atom. The number of anilines is 1. The maximum Gasteiger partial charge on any atom is 0.216 e. The van der Waals surface area contributed by atoms with Crippen molar-refractivity contribution >= 4 is 11.6 Å². The molecular weight excluding hydrogens is 269 g/mol. The molecule has 0 saturated carbocycles. The van der Waals surface area contributed by atoms with Crippen LogP contribution in [0, 0.1) is 11.7 Å². The van der Waals surface area contributed by atoms with Crippen LogP contribution < -0.4 is 16.0 Å². The summed E-state index contributed by atoms with van der Waals surface area (Å²) in [4.78, 5) is 13.2. The molecular formula is C16H24FN3O. The summed E-state index contributed by atoms with van der Waals surface area (Å²) in [7, 11) is 0. The van der Waals surface area contributed by atoms with Crippen LogP contribution in [-0.4, -0.2) is 25.5 Å². The van der Waals surface area contributed by atoms with Gasteiger partial charge in [-0.15, -0.1) is 0 Å². The highest BCUT2D eigenvalue weighted by Crippen LogP contribution is 2.30. The molecule has 21 heavy (non-hydrogen) atoms. The second-order valence-electron chi connectivity index (χ2n) is 5.83. The smallest absolute Gasteiger partial charge is 0.216 e. The minimum atomic E-state index is -0.321. The van der Waals surface area contributed by atoms with Gasteiger partial charge in [-0.1, -0.05) is 6.07 Å². The SMILES string of the molecule is CC(=O)NCC1CCN(c2cccc(F)c2[C@@H](C)N)CC1. The summed E-state index contributed by atoms with van der Waals surface area (Å²) >= 11 is 0. The lowest BCUT2D eigenvalue weighted by Crippen LogP contribution is -2.39. The number of amides is 1. The summed E-state index contributed by atoms with van der Waals surface area (Å²) in [5, 5.41) is 2.87. The van der Waals surface area contributed by atoms with Gasteiger partial charge >= 0.3 is 0 Å². The van der Waals surface area contributed by atoms with E-state index in [1.165, 1.54) is 13.0 Å². The van der Waals surface area contributed by atoms with Gasteiger partial charge in [-0.25, -0.2) is 4.39 Å². The standard InChI is InChI=1S/C16H24FN3O/c1-11(18)16-14(17)4-3-5-15(16)20-8-6-13(7-9-20)10-19-12(2)21/h3-5,11,13H,6-10,18H2,1-2H3,(H,19,21)/t11-/m1/s1. The van der Waals surface area contributed by atoms with Gasteiger partial charge in [0.25, 0.3) is 0 Å². The van der Waals surface area contributed by atoms with Gasteiger partial charge in [0.2, 0.25) is 5.91 Å². The number of halogens is 1.